The van der Waals surface area contributed by atoms with Gasteiger partial charge in [0.15, 0.2) is 0 Å². The molecule has 0 spiro atoms. The lowest BCUT2D eigenvalue weighted by molar-refractivity contribution is -0.125. The molecular weight excluding hydrogens is 238 g/mol. The molecule has 0 fully saturated rings. The molecule has 1 unspecified atom stereocenters. The Hall–Kier alpha value is -1.35. The molecule has 0 aliphatic rings. The van der Waals surface area contributed by atoms with Gasteiger partial charge in [0.1, 0.15) is 0 Å². The number of aliphatic hydroxyl groups excluding tert-OH is 1. The minimum Gasteiger partial charge on any atom is -0.395 e. The maximum Gasteiger partial charge on any atom is 0.223 e. The largest absolute Gasteiger partial charge is 0.395 e. The van der Waals surface area contributed by atoms with Crippen molar-refractivity contribution in [1.29, 1.82) is 0 Å². The van der Waals surface area contributed by atoms with Crippen LogP contribution in [0, 0.1) is 5.92 Å². The van der Waals surface area contributed by atoms with E-state index in [1.807, 2.05) is 18.2 Å². The van der Waals surface area contributed by atoms with E-state index < -0.39 is 0 Å². The number of carbonyl (C=O) groups excluding carboxylic acids is 1. The molecule has 0 aliphatic carbocycles. The van der Waals surface area contributed by atoms with Crippen LogP contribution in [0.1, 0.15) is 38.2 Å². The van der Waals surface area contributed by atoms with Crippen LogP contribution in [0.15, 0.2) is 30.3 Å². The summed E-state index contributed by atoms with van der Waals surface area (Å²) >= 11 is 0. The number of hydrogen-bond donors (Lipinski definition) is 2. The van der Waals surface area contributed by atoms with Gasteiger partial charge in [-0.15, -0.1) is 0 Å². The van der Waals surface area contributed by atoms with Crippen molar-refractivity contribution in [3.8, 4) is 0 Å². The summed E-state index contributed by atoms with van der Waals surface area (Å²) in [7, 11) is 0. The molecule has 1 rings (SSSR count). The van der Waals surface area contributed by atoms with Crippen LogP contribution in [0.4, 0.5) is 0 Å². The molecule has 19 heavy (non-hydrogen) atoms. The summed E-state index contributed by atoms with van der Waals surface area (Å²) in [5, 5.41) is 11.6. The fraction of sp³-hybridized carbons (Fsp3) is 0.562. The molecule has 0 heterocycles. The zero-order valence-corrected chi connectivity index (χ0v) is 11.8. The molecule has 1 aromatic carbocycles. The fourth-order valence-corrected chi connectivity index (χ4v) is 2.17. The molecule has 0 radical (unpaired) electrons. The first-order valence-electron chi connectivity index (χ1n) is 7.20. The van der Waals surface area contributed by atoms with Gasteiger partial charge in [0.05, 0.1) is 6.61 Å². The van der Waals surface area contributed by atoms with E-state index in [1.54, 1.807) is 0 Å². The smallest absolute Gasteiger partial charge is 0.223 e. The van der Waals surface area contributed by atoms with Gasteiger partial charge in [-0.1, -0.05) is 50.1 Å². The number of amides is 1. The molecule has 3 nitrogen and oxygen atoms in total. The lowest BCUT2D eigenvalue weighted by atomic mass is 9.93. The van der Waals surface area contributed by atoms with Crippen LogP contribution in [-0.2, 0) is 11.2 Å². The third-order valence-corrected chi connectivity index (χ3v) is 3.31. The second-order valence-electron chi connectivity index (χ2n) is 4.88. The monoisotopic (exact) mass is 263 g/mol. The summed E-state index contributed by atoms with van der Waals surface area (Å²) in [5.41, 5.74) is 1.28. The van der Waals surface area contributed by atoms with Crippen LogP contribution in [0.25, 0.3) is 0 Å². The summed E-state index contributed by atoms with van der Waals surface area (Å²) in [6.45, 7) is 2.50. The van der Waals surface area contributed by atoms with Crippen LogP contribution in [0.5, 0.6) is 0 Å². The van der Waals surface area contributed by atoms with E-state index in [1.165, 1.54) is 5.56 Å². The third kappa shape index (κ3) is 6.39. The fourth-order valence-electron chi connectivity index (χ4n) is 2.17. The molecule has 0 aromatic heterocycles. The maximum atomic E-state index is 12.0. The molecule has 0 saturated heterocycles. The second-order valence-corrected chi connectivity index (χ2v) is 4.88. The summed E-state index contributed by atoms with van der Waals surface area (Å²) in [6, 6.07) is 10.3. The predicted molar refractivity (Wildman–Crippen MR) is 77.9 cm³/mol. The Bertz CT molecular complexity index is 351. The number of rotatable bonds is 9. The third-order valence-electron chi connectivity index (χ3n) is 3.31. The average molecular weight is 263 g/mol. The van der Waals surface area contributed by atoms with E-state index in [2.05, 4.69) is 24.4 Å². The quantitative estimate of drug-likeness (QED) is 0.719. The molecule has 0 saturated carbocycles. The normalized spacial score (nSPS) is 12.1. The van der Waals surface area contributed by atoms with Crippen molar-refractivity contribution in [2.24, 2.45) is 5.92 Å². The molecule has 0 aliphatic heterocycles. The Balaban J connectivity index is 2.46. The Labute approximate surface area is 116 Å². The second kappa shape index (κ2) is 9.56. The van der Waals surface area contributed by atoms with Crippen molar-refractivity contribution in [3.05, 3.63) is 35.9 Å². The topological polar surface area (TPSA) is 49.3 Å². The molecular formula is C16H25NO2. The summed E-state index contributed by atoms with van der Waals surface area (Å²) in [6.07, 6.45) is 4.92. The number of nitrogens with one attached hydrogen (secondary N) is 1. The van der Waals surface area contributed by atoms with Crippen molar-refractivity contribution in [3.63, 3.8) is 0 Å². The molecule has 106 valence electrons. The van der Waals surface area contributed by atoms with Gasteiger partial charge in [0.25, 0.3) is 0 Å². The van der Waals surface area contributed by atoms with Gasteiger partial charge in [-0.3, -0.25) is 4.79 Å². The highest BCUT2D eigenvalue weighted by Gasteiger charge is 2.17. The highest BCUT2D eigenvalue weighted by atomic mass is 16.3. The summed E-state index contributed by atoms with van der Waals surface area (Å²) in [4.78, 5) is 12.0. The molecule has 2 N–H and O–H groups in total. The number of carbonyl (C=O) groups is 1. The van der Waals surface area contributed by atoms with Crippen LogP contribution in [0.2, 0.25) is 0 Å². The average Bonchev–Trinajstić information content (AvgIpc) is 2.46. The SMILES string of the molecule is CCCCC(CCc1ccccc1)C(=O)NCCO. The standard InChI is InChI=1S/C16H25NO2/c1-2-3-9-15(16(19)17-12-13-18)11-10-14-7-5-4-6-8-14/h4-8,15,18H,2-3,9-13H2,1H3,(H,17,19). The highest BCUT2D eigenvalue weighted by Crippen LogP contribution is 2.16. The zero-order valence-electron chi connectivity index (χ0n) is 11.8. The van der Waals surface area contributed by atoms with Gasteiger partial charge < -0.3 is 10.4 Å². The van der Waals surface area contributed by atoms with Gasteiger partial charge in [-0.25, -0.2) is 0 Å². The van der Waals surface area contributed by atoms with Gasteiger partial charge in [-0.05, 0) is 24.8 Å². The Morgan fingerprint density at radius 2 is 2.00 bits per heavy atom. The van der Waals surface area contributed by atoms with Crippen LogP contribution in [0.3, 0.4) is 0 Å². The maximum absolute atomic E-state index is 12.0. The molecule has 0 bridgehead atoms. The molecule has 1 atom stereocenters. The highest BCUT2D eigenvalue weighted by molar-refractivity contribution is 5.78. The Kier molecular flexibility index (Phi) is 7.91. The van der Waals surface area contributed by atoms with Gasteiger partial charge in [0, 0.05) is 12.5 Å². The van der Waals surface area contributed by atoms with Crippen molar-refractivity contribution < 1.29 is 9.90 Å². The molecule has 1 aromatic rings. The minimum atomic E-state index is 0.00488. The number of benzene rings is 1. The molecule has 1 amide bonds. The van der Waals surface area contributed by atoms with Crippen molar-refractivity contribution in [2.75, 3.05) is 13.2 Å². The van der Waals surface area contributed by atoms with Gasteiger partial charge in [-0.2, -0.15) is 0 Å². The van der Waals surface area contributed by atoms with E-state index in [0.29, 0.717) is 6.54 Å². The first-order chi connectivity index (χ1) is 9.27. The lowest BCUT2D eigenvalue weighted by Crippen LogP contribution is -2.33. The number of aliphatic hydroxyl groups is 1. The van der Waals surface area contributed by atoms with Gasteiger partial charge in [0.2, 0.25) is 5.91 Å². The van der Waals surface area contributed by atoms with Crippen molar-refractivity contribution in [2.45, 2.75) is 39.0 Å². The Morgan fingerprint density at radius 1 is 1.26 bits per heavy atom. The van der Waals surface area contributed by atoms with Crippen LogP contribution >= 0.6 is 0 Å². The summed E-state index contributed by atoms with van der Waals surface area (Å²) in [5.74, 6) is 0.144. The van der Waals surface area contributed by atoms with E-state index in [4.69, 9.17) is 5.11 Å². The summed E-state index contributed by atoms with van der Waals surface area (Å²) < 4.78 is 0. The first-order valence-corrected chi connectivity index (χ1v) is 7.20. The predicted octanol–water partition coefficient (Wildman–Crippen LogP) is 2.53. The minimum absolute atomic E-state index is 0.00488. The van der Waals surface area contributed by atoms with Gasteiger partial charge >= 0.3 is 0 Å². The van der Waals surface area contributed by atoms with E-state index in [0.717, 1.165) is 32.1 Å². The van der Waals surface area contributed by atoms with E-state index >= 15 is 0 Å². The van der Waals surface area contributed by atoms with Crippen LogP contribution < -0.4 is 5.32 Å². The number of hydrogen-bond acceptors (Lipinski definition) is 2. The first kappa shape index (κ1) is 15.7. The number of aryl methyl sites for hydroxylation is 1. The van der Waals surface area contributed by atoms with Crippen molar-refractivity contribution in [1.82, 2.24) is 5.32 Å². The zero-order chi connectivity index (χ0) is 13.9. The van der Waals surface area contributed by atoms with Crippen molar-refractivity contribution >= 4 is 5.91 Å². The number of unbranched alkanes of at least 4 members (excludes halogenated alkanes) is 1. The molecule has 3 heteroatoms. The van der Waals surface area contributed by atoms with Crippen LogP contribution in [-0.4, -0.2) is 24.2 Å². The van der Waals surface area contributed by atoms with E-state index in [9.17, 15) is 4.79 Å². The lowest BCUT2D eigenvalue weighted by Gasteiger charge is -2.16. The Morgan fingerprint density at radius 3 is 2.63 bits per heavy atom. The van der Waals surface area contributed by atoms with E-state index in [-0.39, 0.29) is 18.4 Å².